The summed E-state index contributed by atoms with van der Waals surface area (Å²) in [4.78, 5) is 33.8. The van der Waals surface area contributed by atoms with Crippen LogP contribution in [0, 0.1) is 0 Å². The summed E-state index contributed by atoms with van der Waals surface area (Å²) in [6.07, 6.45) is -0.497. The second kappa shape index (κ2) is 7.92. The summed E-state index contributed by atoms with van der Waals surface area (Å²) in [5.41, 5.74) is 2.26. The molecule has 0 bridgehead atoms. The van der Waals surface area contributed by atoms with Crippen molar-refractivity contribution < 1.29 is 24.6 Å². The lowest BCUT2D eigenvalue weighted by Gasteiger charge is -2.13. The molecular formula is C18H17NO5. The average Bonchev–Trinajstić information content (AvgIpc) is 2.59. The Balaban J connectivity index is 2.06. The predicted octanol–water partition coefficient (Wildman–Crippen LogP) is 2.40. The molecule has 0 aliphatic carbocycles. The fourth-order valence-corrected chi connectivity index (χ4v) is 2.21. The number of carboxylic acid groups (broad SMARTS) is 2. The Labute approximate surface area is 138 Å². The zero-order valence-corrected chi connectivity index (χ0v) is 12.8. The number of rotatable bonds is 7. The number of amides is 1. The van der Waals surface area contributed by atoms with E-state index in [-0.39, 0.29) is 12.8 Å². The number of aliphatic carboxylic acids is 2. The second-order valence-electron chi connectivity index (χ2n) is 5.24. The molecule has 0 radical (unpaired) electrons. The predicted molar refractivity (Wildman–Crippen MR) is 87.6 cm³/mol. The summed E-state index contributed by atoms with van der Waals surface area (Å²) >= 11 is 0. The van der Waals surface area contributed by atoms with E-state index in [9.17, 15) is 14.4 Å². The number of nitrogens with one attached hydrogen (secondary N) is 1. The van der Waals surface area contributed by atoms with Crippen LogP contribution >= 0.6 is 0 Å². The van der Waals surface area contributed by atoms with Crippen LogP contribution in [0.4, 0.5) is 0 Å². The van der Waals surface area contributed by atoms with Crippen LogP contribution in [0.25, 0.3) is 11.1 Å². The molecule has 0 heterocycles. The first kappa shape index (κ1) is 17.2. The molecule has 1 amide bonds. The molecule has 2 aromatic rings. The van der Waals surface area contributed by atoms with Gasteiger partial charge in [-0.1, -0.05) is 42.5 Å². The zero-order chi connectivity index (χ0) is 17.5. The molecule has 0 aliphatic heterocycles. The molecular weight excluding hydrogens is 310 g/mol. The smallest absolute Gasteiger partial charge is 0.326 e. The highest BCUT2D eigenvalue weighted by Gasteiger charge is 2.21. The van der Waals surface area contributed by atoms with Crippen molar-refractivity contribution in [3.8, 4) is 11.1 Å². The van der Waals surface area contributed by atoms with Crippen LogP contribution in [0.3, 0.4) is 0 Å². The summed E-state index contributed by atoms with van der Waals surface area (Å²) in [7, 11) is 0. The quantitative estimate of drug-likeness (QED) is 0.724. The van der Waals surface area contributed by atoms with Gasteiger partial charge in [0.25, 0.3) is 5.91 Å². The average molecular weight is 327 g/mol. The highest BCUT2D eigenvalue weighted by Crippen LogP contribution is 2.19. The van der Waals surface area contributed by atoms with Gasteiger partial charge in [0.2, 0.25) is 0 Å². The number of hydrogen-bond donors (Lipinski definition) is 3. The molecule has 1 atom stereocenters. The minimum absolute atomic E-state index is 0.168. The summed E-state index contributed by atoms with van der Waals surface area (Å²) < 4.78 is 0. The number of carbonyl (C=O) groups excluding carboxylic acids is 1. The third-order valence-electron chi connectivity index (χ3n) is 3.50. The molecule has 24 heavy (non-hydrogen) atoms. The van der Waals surface area contributed by atoms with Crippen LogP contribution in [-0.2, 0) is 9.59 Å². The van der Waals surface area contributed by atoms with Gasteiger partial charge in [0.05, 0.1) is 0 Å². The van der Waals surface area contributed by atoms with Crippen molar-refractivity contribution in [1.82, 2.24) is 5.32 Å². The van der Waals surface area contributed by atoms with E-state index in [2.05, 4.69) is 5.32 Å². The maximum atomic E-state index is 12.1. The Kier molecular flexibility index (Phi) is 5.68. The van der Waals surface area contributed by atoms with Crippen molar-refractivity contribution in [2.75, 3.05) is 0 Å². The molecule has 0 aromatic heterocycles. The minimum Gasteiger partial charge on any atom is -0.481 e. The van der Waals surface area contributed by atoms with E-state index >= 15 is 0 Å². The Bertz CT molecular complexity index is 725. The van der Waals surface area contributed by atoms with E-state index in [0.29, 0.717) is 5.56 Å². The normalized spacial score (nSPS) is 11.5. The molecule has 0 saturated heterocycles. The van der Waals surface area contributed by atoms with Gasteiger partial charge in [0.1, 0.15) is 6.04 Å². The van der Waals surface area contributed by atoms with Crippen LogP contribution in [0.2, 0.25) is 0 Å². The van der Waals surface area contributed by atoms with Gasteiger partial charge in [-0.15, -0.1) is 0 Å². The fraction of sp³-hybridized carbons (Fsp3) is 0.167. The highest BCUT2D eigenvalue weighted by atomic mass is 16.4. The second-order valence-corrected chi connectivity index (χ2v) is 5.24. The SMILES string of the molecule is O=C(O)CCC(NC(=O)c1ccc(-c2ccccc2)cc1)C(=O)O. The van der Waals surface area contributed by atoms with Crippen LogP contribution in [0.5, 0.6) is 0 Å². The highest BCUT2D eigenvalue weighted by molar-refractivity contribution is 5.97. The van der Waals surface area contributed by atoms with Gasteiger partial charge in [-0.3, -0.25) is 9.59 Å². The molecule has 0 saturated carbocycles. The lowest BCUT2D eigenvalue weighted by Crippen LogP contribution is -2.41. The fourth-order valence-electron chi connectivity index (χ4n) is 2.21. The van der Waals surface area contributed by atoms with E-state index in [1.165, 1.54) is 0 Å². The Morgan fingerprint density at radius 3 is 2.00 bits per heavy atom. The molecule has 0 spiro atoms. The monoisotopic (exact) mass is 327 g/mol. The van der Waals surface area contributed by atoms with Gasteiger partial charge >= 0.3 is 11.9 Å². The Morgan fingerprint density at radius 2 is 1.46 bits per heavy atom. The molecule has 2 rings (SSSR count). The summed E-state index contributed by atoms with van der Waals surface area (Å²) in [6.45, 7) is 0. The van der Waals surface area contributed by atoms with E-state index in [4.69, 9.17) is 10.2 Å². The topological polar surface area (TPSA) is 104 Å². The van der Waals surface area contributed by atoms with Crippen molar-refractivity contribution in [3.05, 3.63) is 60.2 Å². The maximum absolute atomic E-state index is 12.1. The molecule has 0 aliphatic rings. The number of carboxylic acids is 2. The van der Waals surface area contributed by atoms with Crippen molar-refractivity contribution in [2.45, 2.75) is 18.9 Å². The summed E-state index contributed by atoms with van der Waals surface area (Å²) in [6, 6.07) is 15.2. The van der Waals surface area contributed by atoms with E-state index in [0.717, 1.165) is 11.1 Å². The van der Waals surface area contributed by atoms with Gasteiger partial charge in [0.15, 0.2) is 0 Å². The van der Waals surface area contributed by atoms with E-state index in [1.807, 2.05) is 30.3 Å². The summed E-state index contributed by atoms with van der Waals surface area (Å²) in [5, 5.41) is 20.0. The molecule has 2 aromatic carbocycles. The first-order valence-electron chi connectivity index (χ1n) is 7.38. The van der Waals surface area contributed by atoms with Gasteiger partial charge in [-0.25, -0.2) is 4.79 Å². The van der Waals surface area contributed by atoms with Gasteiger partial charge in [-0.05, 0) is 29.7 Å². The minimum atomic E-state index is -1.26. The summed E-state index contributed by atoms with van der Waals surface area (Å²) in [5.74, 6) is -2.92. The van der Waals surface area contributed by atoms with Crippen molar-refractivity contribution in [1.29, 1.82) is 0 Å². The van der Waals surface area contributed by atoms with E-state index < -0.39 is 23.9 Å². The van der Waals surface area contributed by atoms with Crippen LogP contribution in [0.1, 0.15) is 23.2 Å². The van der Waals surface area contributed by atoms with Gasteiger partial charge < -0.3 is 15.5 Å². The number of hydrogen-bond acceptors (Lipinski definition) is 3. The molecule has 1 unspecified atom stereocenters. The zero-order valence-electron chi connectivity index (χ0n) is 12.8. The third-order valence-corrected chi connectivity index (χ3v) is 3.50. The lowest BCUT2D eigenvalue weighted by molar-refractivity contribution is -0.140. The van der Waals surface area contributed by atoms with Crippen molar-refractivity contribution in [3.63, 3.8) is 0 Å². The largest absolute Gasteiger partial charge is 0.481 e. The van der Waals surface area contributed by atoms with Gasteiger partial charge in [-0.2, -0.15) is 0 Å². The third kappa shape index (κ3) is 4.67. The van der Waals surface area contributed by atoms with Crippen molar-refractivity contribution >= 4 is 17.8 Å². The first-order valence-corrected chi connectivity index (χ1v) is 7.38. The van der Waals surface area contributed by atoms with Crippen LogP contribution in [-0.4, -0.2) is 34.1 Å². The van der Waals surface area contributed by atoms with Crippen LogP contribution in [0.15, 0.2) is 54.6 Å². The Hall–Kier alpha value is -3.15. The number of carbonyl (C=O) groups is 3. The van der Waals surface area contributed by atoms with Gasteiger partial charge in [0, 0.05) is 12.0 Å². The molecule has 0 fully saturated rings. The molecule has 6 nitrogen and oxygen atoms in total. The van der Waals surface area contributed by atoms with Crippen LogP contribution < -0.4 is 5.32 Å². The first-order chi connectivity index (χ1) is 11.5. The standard InChI is InChI=1S/C18H17NO5/c20-16(21)11-10-15(18(23)24)19-17(22)14-8-6-13(7-9-14)12-4-2-1-3-5-12/h1-9,15H,10-11H2,(H,19,22)(H,20,21)(H,23,24). The van der Waals surface area contributed by atoms with E-state index in [1.54, 1.807) is 24.3 Å². The Morgan fingerprint density at radius 1 is 0.875 bits per heavy atom. The number of benzene rings is 2. The maximum Gasteiger partial charge on any atom is 0.326 e. The molecule has 124 valence electrons. The molecule has 3 N–H and O–H groups in total. The van der Waals surface area contributed by atoms with Crippen molar-refractivity contribution in [2.24, 2.45) is 0 Å². The lowest BCUT2D eigenvalue weighted by atomic mass is 10.0. The molecule has 6 heteroatoms.